The van der Waals surface area contributed by atoms with Gasteiger partial charge in [-0.15, -0.1) is 0 Å². The lowest BCUT2D eigenvalue weighted by molar-refractivity contribution is -0.122. The zero-order valence-corrected chi connectivity index (χ0v) is 16.6. The van der Waals surface area contributed by atoms with E-state index in [-0.39, 0.29) is 28.9 Å². The van der Waals surface area contributed by atoms with Crippen LogP contribution >= 0.6 is 0 Å². The van der Waals surface area contributed by atoms with Crippen LogP contribution in [0.4, 0.5) is 0 Å². The van der Waals surface area contributed by atoms with Gasteiger partial charge in [0.15, 0.2) is 9.84 Å². The summed E-state index contributed by atoms with van der Waals surface area (Å²) in [5.41, 5.74) is 2.25. The zero-order valence-electron chi connectivity index (χ0n) is 15.8. The topological polar surface area (TPSA) is 95.2 Å². The summed E-state index contributed by atoms with van der Waals surface area (Å²) >= 11 is 0. The predicted octanol–water partition coefficient (Wildman–Crippen LogP) is 1.15. The van der Waals surface area contributed by atoms with Gasteiger partial charge in [0.1, 0.15) is 0 Å². The van der Waals surface area contributed by atoms with Crippen molar-refractivity contribution < 1.29 is 13.2 Å². The summed E-state index contributed by atoms with van der Waals surface area (Å²) in [6.45, 7) is 2.00. The monoisotopic (exact) mass is 402 g/mol. The van der Waals surface area contributed by atoms with Gasteiger partial charge in [0, 0.05) is 44.2 Å². The standard InChI is InChI=1S/C20H26N4O3S/c25-20(8-4-7-16-9-21-22-10-16)23-18-14-28(26,27)19-13-24(12-17(18)19)11-15-5-2-1-3-6-15/h1-3,5-6,9-10,17-19H,4,7-8,11-14H2,(H,21,22)(H,23,25)/t17-,18+,19-/m0/s1. The molecule has 7 nitrogen and oxygen atoms in total. The summed E-state index contributed by atoms with van der Waals surface area (Å²) in [5, 5.41) is 9.29. The molecule has 0 bridgehead atoms. The number of aromatic nitrogens is 2. The number of likely N-dealkylation sites (tertiary alicyclic amines) is 1. The van der Waals surface area contributed by atoms with Gasteiger partial charge >= 0.3 is 0 Å². The minimum Gasteiger partial charge on any atom is -0.352 e. The van der Waals surface area contributed by atoms with E-state index in [1.54, 1.807) is 6.20 Å². The van der Waals surface area contributed by atoms with Crippen molar-refractivity contribution in [1.82, 2.24) is 20.4 Å². The van der Waals surface area contributed by atoms with Gasteiger partial charge in [-0.25, -0.2) is 8.42 Å². The fourth-order valence-corrected chi connectivity index (χ4v) is 6.73. The number of carbonyl (C=O) groups is 1. The van der Waals surface area contributed by atoms with Gasteiger partial charge in [0.2, 0.25) is 5.91 Å². The SMILES string of the molecule is O=C(CCCc1cn[nH]c1)N[C@@H]1CS(=O)(=O)[C@H]2CN(Cc3ccccc3)C[C@@H]12. The lowest BCUT2D eigenvalue weighted by Crippen LogP contribution is -2.42. The summed E-state index contributed by atoms with van der Waals surface area (Å²) in [6.07, 6.45) is 5.48. The molecule has 0 saturated carbocycles. The predicted molar refractivity (Wildman–Crippen MR) is 106 cm³/mol. The zero-order chi connectivity index (χ0) is 19.6. The van der Waals surface area contributed by atoms with E-state index in [9.17, 15) is 13.2 Å². The number of aryl methyl sites for hydroxylation is 1. The second-order valence-electron chi connectivity index (χ2n) is 7.85. The molecule has 3 heterocycles. The number of fused-ring (bicyclic) bond motifs is 1. The fourth-order valence-electron chi connectivity index (χ4n) is 4.41. The highest BCUT2D eigenvalue weighted by molar-refractivity contribution is 7.92. The maximum absolute atomic E-state index is 12.6. The van der Waals surface area contributed by atoms with E-state index >= 15 is 0 Å². The van der Waals surface area contributed by atoms with E-state index in [0.717, 1.165) is 24.9 Å². The number of carbonyl (C=O) groups excluding carboxylic acids is 1. The molecule has 0 radical (unpaired) electrons. The van der Waals surface area contributed by atoms with Crippen LogP contribution in [-0.2, 0) is 27.6 Å². The van der Waals surface area contributed by atoms with Crippen LogP contribution < -0.4 is 5.32 Å². The number of rotatable bonds is 7. The third kappa shape index (κ3) is 4.28. The van der Waals surface area contributed by atoms with Crippen LogP contribution in [-0.4, -0.2) is 59.6 Å². The van der Waals surface area contributed by atoms with Gasteiger partial charge in [-0.1, -0.05) is 30.3 Å². The molecule has 3 atom stereocenters. The molecule has 2 saturated heterocycles. The molecule has 2 N–H and O–H groups in total. The maximum atomic E-state index is 12.6. The Hall–Kier alpha value is -2.19. The van der Waals surface area contributed by atoms with Crippen molar-refractivity contribution in [3.05, 3.63) is 53.9 Å². The molecule has 2 fully saturated rings. The average Bonchev–Trinajstić information content (AvgIpc) is 3.36. The van der Waals surface area contributed by atoms with E-state index in [4.69, 9.17) is 0 Å². The first-order valence-electron chi connectivity index (χ1n) is 9.76. The fraction of sp³-hybridized carbons (Fsp3) is 0.500. The van der Waals surface area contributed by atoms with Crippen molar-refractivity contribution in [2.75, 3.05) is 18.8 Å². The number of amides is 1. The molecule has 0 unspecified atom stereocenters. The van der Waals surface area contributed by atoms with Crippen LogP contribution in [0.15, 0.2) is 42.7 Å². The number of hydrogen-bond acceptors (Lipinski definition) is 5. The first-order valence-corrected chi connectivity index (χ1v) is 11.5. The number of aromatic amines is 1. The van der Waals surface area contributed by atoms with Crippen LogP contribution in [0.5, 0.6) is 0 Å². The molecule has 2 aliphatic rings. The van der Waals surface area contributed by atoms with E-state index in [2.05, 4.69) is 32.5 Å². The Morgan fingerprint density at radius 1 is 1.21 bits per heavy atom. The number of sulfone groups is 1. The summed E-state index contributed by atoms with van der Waals surface area (Å²) in [7, 11) is -3.17. The highest BCUT2D eigenvalue weighted by atomic mass is 32.2. The highest BCUT2D eigenvalue weighted by Crippen LogP contribution is 2.34. The van der Waals surface area contributed by atoms with Gasteiger partial charge in [-0.2, -0.15) is 5.10 Å². The number of benzene rings is 1. The second kappa shape index (κ2) is 8.05. The Balaban J connectivity index is 1.32. The van der Waals surface area contributed by atoms with Gasteiger partial charge in [-0.3, -0.25) is 14.8 Å². The van der Waals surface area contributed by atoms with Crippen LogP contribution in [0, 0.1) is 5.92 Å². The van der Waals surface area contributed by atoms with E-state index in [0.29, 0.717) is 19.5 Å². The van der Waals surface area contributed by atoms with Crippen molar-refractivity contribution in [3.8, 4) is 0 Å². The van der Waals surface area contributed by atoms with E-state index in [1.165, 1.54) is 5.56 Å². The first-order chi connectivity index (χ1) is 13.5. The smallest absolute Gasteiger partial charge is 0.220 e. The quantitative estimate of drug-likeness (QED) is 0.724. The van der Waals surface area contributed by atoms with Crippen LogP contribution in [0.2, 0.25) is 0 Å². The molecule has 0 spiro atoms. The molecule has 1 aromatic heterocycles. The van der Waals surface area contributed by atoms with Crippen molar-refractivity contribution in [2.24, 2.45) is 5.92 Å². The third-order valence-electron chi connectivity index (χ3n) is 5.79. The van der Waals surface area contributed by atoms with Gasteiger partial charge in [0.25, 0.3) is 0 Å². The maximum Gasteiger partial charge on any atom is 0.220 e. The first kappa shape index (κ1) is 19.1. The third-order valence-corrected chi connectivity index (χ3v) is 8.04. The Bertz CT molecular complexity index is 899. The Kier molecular flexibility index (Phi) is 5.50. The number of hydrogen-bond donors (Lipinski definition) is 2. The average molecular weight is 403 g/mol. The van der Waals surface area contributed by atoms with Gasteiger partial charge < -0.3 is 5.32 Å². The summed E-state index contributed by atoms with van der Waals surface area (Å²) in [4.78, 5) is 14.6. The van der Waals surface area contributed by atoms with Crippen molar-refractivity contribution in [1.29, 1.82) is 0 Å². The lowest BCUT2D eigenvalue weighted by atomic mass is 10.00. The molecule has 1 amide bonds. The van der Waals surface area contributed by atoms with Crippen molar-refractivity contribution >= 4 is 15.7 Å². The van der Waals surface area contributed by atoms with Crippen LogP contribution in [0.3, 0.4) is 0 Å². The van der Waals surface area contributed by atoms with E-state index in [1.807, 2.05) is 24.4 Å². The lowest BCUT2D eigenvalue weighted by Gasteiger charge is -2.21. The minimum atomic E-state index is -3.17. The Labute approximate surface area is 165 Å². The van der Waals surface area contributed by atoms with Crippen LogP contribution in [0.25, 0.3) is 0 Å². The molecule has 0 aliphatic carbocycles. The molecule has 2 aliphatic heterocycles. The number of nitrogens with one attached hydrogen (secondary N) is 2. The molecule has 2 aromatic rings. The van der Waals surface area contributed by atoms with Crippen molar-refractivity contribution in [3.63, 3.8) is 0 Å². The summed E-state index contributed by atoms with van der Waals surface area (Å²) in [5.74, 6) is -0.0213. The Morgan fingerprint density at radius 3 is 2.79 bits per heavy atom. The summed E-state index contributed by atoms with van der Waals surface area (Å²) < 4.78 is 25.2. The molecular weight excluding hydrogens is 376 g/mol. The van der Waals surface area contributed by atoms with Gasteiger partial charge in [0.05, 0.1) is 17.2 Å². The molecule has 4 rings (SSSR count). The highest BCUT2D eigenvalue weighted by Gasteiger charge is 2.52. The molecule has 1 aromatic carbocycles. The Morgan fingerprint density at radius 2 is 2.04 bits per heavy atom. The molecule has 8 heteroatoms. The van der Waals surface area contributed by atoms with Gasteiger partial charge in [-0.05, 0) is 24.0 Å². The van der Waals surface area contributed by atoms with Crippen LogP contribution in [0.1, 0.15) is 24.0 Å². The number of H-pyrrole nitrogens is 1. The molecular formula is C20H26N4O3S. The second-order valence-corrected chi connectivity index (χ2v) is 10.1. The minimum absolute atomic E-state index is 0.0217. The summed E-state index contributed by atoms with van der Waals surface area (Å²) in [6, 6.07) is 9.80. The normalized spacial score (nSPS) is 26.2. The largest absolute Gasteiger partial charge is 0.352 e. The van der Waals surface area contributed by atoms with E-state index < -0.39 is 9.84 Å². The number of nitrogens with zero attached hydrogens (tertiary/aromatic N) is 2. The molecule has 150 valence electrons. The van der Waals surface area contributed by atoms with Crippen molar-refractivity contribution in [2.45, 2.75) is 37.1 Å². The molecule has 28 heavy (non-hydrogen) atoms.